The number of carbonyl (C=O) groups is 1. The van der Waals surface area contributed by atoms with Crippen molar-refractivity contribution in [1.29, 1.82) is 0 Å². The van der Waals surface area contributed by atoms with Crippen LogP contribution in [0.2, 0.25) is 0 Å². The lowest BCUT2D eigenvalue weighted by molar-refractivity contribution is -0.126. The van der Waals surface area contributed by atoms with Crippen molar-refractivity contribution in [2.24, 2.45) is 5.16 Å². The van der Waals surface area contributed by atoms with Crippen molar-refractivity contribution in [3.8, 4) is 0 Å². The van der Waals surface area contributed by atoms with Crippen molar-refractivity contribution in [3.05, 3.63) is 65.5 Å². The van der Waals surface area contributed by atoms with Crippen LogP contribution in [0.5, 0.6) is 0 Å². The third-order valence-electron chi connectivity index (χ3n) is 3.52. The Balaban J connectivity index is 1.88. The molecule has 0 spiro atoms. The fourth-order valence-corrected chi connectivity index (χ4v) is 1.99. The van der Waals surface area contributed by atoms with Gasteiger partial charge in [-0.3, -0.25) is 4.79 Å². The van der Waals surface area contributed by atoms with Crippen molar-refractivity contribution in [3.63, 3.8) is 0 Å². The van der Waals surface area contributed by atoms with Gasteiger partial charge in [-0.1, -0.05) is 55.4 Å². The van der Waals surface area contributed by atoms with Crippen LogP contribution in [0.1, 0.15) is 37.8 Å². The van der Waals surface area contributed by atoms with Crippen LogP contribution in [0.15, 0.2) is 53.7 Å². The highest BCUT2D eigenvalue weighted by Crippen LogP contribution is 2.14. The summed E-state index contributed by atoms with van der Waals surface area (Å²) in [5.74, 6) is -0.492. The van der Waals surface area contributed by atoms with Crippen LogP contribution in [-0.2, 0) is 9.63 Å². The second kappa shape index (κ2) is 8.24. The van der Waals surface area contributed by atoms with E-state index < -0.39 is 17.8 Å². The van der Waals surface area contributed by atoms with E-state index >= 15 is 0 Å². The zero-order chi connectivity index (χ0) is 17.5. The molecule has 126 valence electrons. The number of nitrogens with one attached hydrogen (secondary N) is 1. The van der Waals surface area contributed by atoms with Gasteiger partial charge in [0.15, 0.2) is 0 Å². The molecule has 4 nitrogen and oxygen atoms in total. The second-order valence-electron chi connectivity index (χ2n) is 5.77. The molecule has 0 bridgehead atoms. The molecule has 2 rings (SSSR count). The molecule has 1 amide bonds. The van der Waals surface area contributed by atoms with Crippen molar-refractivity contribution in [2.45, 2.75) is 32.8 Å². The number of nitrogens with zero attached hydrogens (tertiary/aromatic N) is 1. The summed E-state index contributed by atoms with van der Waals surface area (Å²) in [4.78, 5) is 17.1. The van der Waals surface area contributed by atoms with Gasteiger partial charge in [0.2, 0.25) is 6.10 Å². The lowest BCUT2D eigenvalue weighted by atomic mass is 10.0. The minimum absolute atomic E-state index is 0.117. The maximum absolute atomic E-state index is 13.5. The zero-order valence-corrected chi connectivity index (χ0v) is 14.0. The van der Waals surface area contributed by atoms with E-state index in [9.17, 15) is 9.18 Å². The van der Waals surface area contributed by atoms with Gasteiger partial charge in [-0.05, 0) is 36.1 Å². The molecule has 5 heteroatoms. The first-order valence-electron chi connectivity index (χ1n) is 7.82. The van der Waals surface area contributed by atoms with Crippen molar-refractivity contribution < 1.29 is 14.0 Å². The van der Waals surface area contributed by atoms with Crippen LogP contribution < -0.4 is 5.32 Å². The van der Waals surface area contributed by atoms with Gasteiger partial charge in [0.05, 0.1) is 11.9 Å². The molecule has 1 N–H and O–H groups in total. The molecule has 2 aromatic rings. The summed E-state index contributed by atoms with van der Waals surface area (Å²) < 4.78 is 13.5. The normalized spacial score (nSPS) is 12.4. The molecule has 2 aromatic carbocycles. The molecule has 0 aliphatic carbocycles. The van der Waals surface area contributed by atoms with Crippen LogP contribution in [0.4, 0.5) is 10.1 Å². The number of anilines is 1. The van der Waals surface area contributed by atoms with Gasteiger partial charge >= 0.3 is 0 Å². The summed E-state index contributed by atoms with van der Waals surface area (Å²) in [5.41, 5.74) is 2.23. The van der Waals surface area contributed by atoms with Gasteiger partial charge in [0.25, 0.3) is 5.91 Å². The van der Waals surface area contributed by atoms with Gasteiger partial charge in [-0.2, -0.15) is 0 Å². The molecular weight excluding hydrogens is 307 g/mol. The molecule has 0 heterocycles. The number of hydrogen-bond donors (Lipinski definition) is 1. The van der Waals surface area contributed by atoms with E-state index in [0.29, 0.717) is 5.92 Å². The van der Waals surface area contributed by atoms with E-state index in [1.807, 2.05) is 24.3 Å². The lowest BCUT2D eigenvalue weighted by Crippen LogP contribution is -2.26. The largest absolute Gasteiger partial charge is 0.383 e. The van der Waals surface area contributed by atoms with Gasteiger partial charge in [0.1, 0.15) is 5.82 Å². The summed E-state index contributed by atoms with van der Waals surface area (Å²) >= 11 is 0. The van der Waals surface area contributed by atoms with Crippen molar-refractivity contribution in [2.75, 3.05) is 5.32 Å². The Morgan fingerprint density at radius 3 is 2.42 bits per heavy atom. The summed E-state index contributed by atoms with van der Waals surface area (Å²) in [6, 6.07) is 13.9. The van der Waals surface area contributed by atoms with Crippen LogP contribution in [0.25, 0.3) is 0 Å². The average Bonchev–Trinajstić information content (AvgIpc) is 2.57. The predicted octanol–water partition coefficient (Wildman–Crippen LogP) is 4.33. The first kappa shape index (κ1) is 17.7. The topological polar surface area (TPSA) is 50.7 Å². The molecule has 0 aliphatic heterocycles. The number of rotatable bonds is 6. The second-order valence-corrected chi connectivity index (χ2v) is 5.77. The summed E-state index contributed by atoms with van der Waals surface area (Å²) in [5, 5.41) is 6.29. The van der Waals surface area contributed by atoms with Crippen LogP contribution in [0, 0.1) is 5.82 Å². The van der Waals surface area contributed by atoms with Gasteiger partial charge < -0.3 is 10.2 Å². The molecule has 0 saturated heterocycles. The van der Waals surface area contributed by atoms with E-state index in [2.05, 4.69) is 24.3 Å². The Morgan fingerprint density at radius 1 is 1.12 bits per heavy atom. The minimum Gasteiger partial charge on any atom is -0.383 e. The number of para-hydroxylation sites is 1. The molecule has 0 unspecified atom stereocenters. The summed E-state index contributed by atoms with van der Waals surface area (Å²) in [6.07, 6.45) is 0.701. The first-order chi connectivity index (χ1) is 11.5. The lowest BCUT2D eigenvalue weighted by Gasteiger charge is -2.11. The van der Waals surface area contributed by atoms with Crippen molar-refractivity contribution >= 4 is 17.8 Å². The Labute approximate surface area is 141 Å². The van der Waals surface area contributed by atoms with Crippen LogP contribution >= 0.6 is 0 Å². The van der Waals surface area contributed by atoms with E-state index in [1.165, 1.54) is 23.9 Å². The van der Waals surface area contributed by atoms with E-state index in [1.54, 1.807) is 19.1 Å². The molecule has 0 radical (unpaired) electrons. The van der Waals surface area contributed by atoms with Crippen LogP contribution in [-0.4, -0.2) is 18.2 Å². The van der Waals surface area contributed by atoms with E-state index in [0.717, 1.165) is 5.56 Å². The van der Waals surface area contributed by atoms with E-state index in [-0.39, 0.29) is 5.69 Å². The molecule has 0 fully saturated rings. The quantitative estimate of drug-likeness (QED) is 0.634. The molecule has 0 saturated carbocycles. The number of halogens is 1. The van der Waals surface area contributed by atoms with Gasteiger partial charge in [-0.25, -0.2) is 4.39 Å². The number of carbonyl (C=O) groups excluding carboxylic acids is 1. The van der Waals surface area contributed by atoms with Crippen molar-refractivity contribution in [1.82, 2.24) is 0 Å². The SMILES string of the molecule is CC(C)c1ccc(/C=N\O[C@H](C)C(=O)Nc2ccccc2F)cc1. The highest BCUT2D eigenvalue weighted by atomic mass is 19.1. The molecular formula is C19H21FN2O2. The Bertz CT molecular complexity index is 712. The maximum Gasteiger partial charge on any atom is 0.268 e. The fraction of sp³-hybridized carbons (Fsp3) is 0.263. The standard InChI is InChI=1S/C19H21FN2O2/c1-13(2)16-10-8-15(9-11-16)12-21-24-14(3)19(23)22-18-7-5-4-6-17(18)20/h4-14H,1-3H3,(H,22,23)/b21-12-/t14-/m1/s1. The van der Waals surface area contributed by atoms with Gasteiger partial charge in [-0.15, -0.1) is 0 Å². The third kappa shape index (κ3) is 4.91. The highest BCUT2D eigenvalue weighted by molar-refractivity contribution is 5.94. The Kier molecular flexibility index (Phi) is 6.07. The summed E-state index contributed by atoms with van der Waals surface area (Å²) in [6.45, 7) is 5.81. The fourth-order valence-electron chi connectivity index (χ4n) is 1.99. The van der Waals surface area contributed by atoms with Gasteiger partial charge in [0, 0.05) is 0 Å². The Morgan fingerprint density at radius 2 is 1.79 bits per heavy atom. The molecule has 0 aliphatic rings. The zero-order valence-electron chi connectivity index (χ0n) is 14.0. The monoisotopic (exact) mass is 328 g/mol. The van der Waals surface area contributed by atoms with Crippen LogP contribution in [0.3, 0.4) is 0 Å². The first-order valence-corrected chi connectivity index (χ1v) is 7.82. The number of hydrogen-bond acceptors (Lipinski definition) is 3. The molecule has 0 aromatic heterocycles. The summed E-state index contributed by atoms with van der Waals surface area (Å²) in [7, 11) is 0. The van der Waals surface area contributed by atoms with E-state index in [4.69, 9.17) is 4.84 Å². The number of oxime groups is 1. The number of amides is 1. The number of benzene rings is 2. The predicted molar refractivity (Wildman–Crippen MR) is 93.7 cm³/mol. The average molecular weight is 328 g/mol. The highest BCUT2D eigenvalue weighted by Gasteiger charge is 2.15. The molecule has 24 heavy (non-hydrogen) atoms. The molecule has 1 atom stereocenters. The smallest absolute Gasteiger partial charge is 0.268 e. The third-order valence-corrected chi connectivity index (χ3v) is 3.52. The Hall–Kier alpha value is -2.69. The minimum atomic E-state index is -0.837. The maximum atomic E-state index is 13.5.